The highest BCUT2D eigenvalue weighted by Crippen LogP contribution is 2.27. The first kappa shape index (κ1) is 13.6. The summed E-state index contributed by atoms with van der Waals surface area (Å²) in [5.41, 5.74) is 5.02. The average molecular weight is 241 g/mol. The number of rotatable bonds is 4. The third-order valence-corrected chi connectivity index (χ3v) is 3.43. The highest BCUT2D eigenvalue weighted by molar-refractivity contribution is 6.03. The fourth-order valence-corrected chi connectivity index (χ4v) is 2.04. The lowest BCUT2D eigenvalue weighted by Crippen LogP contribution is -2.57. The number of nitrogens with zero attached hydrogens (tertiary/aromatic N) is 1. The Kier molecular flexibility index (Phi) is 4.22. The van der Waals surface area contributed by atoms with Crippen molar-refractivity contribution in [2.24, 2.45) is 11.1 Å². The second-order valence-corrected chi connectivity index (χ2v) is 4.32. The van der Waals surface area contributed by atoms with Crippen LogP contribution in [-0.2, 0) is 14.4 Å². The molecule has 0 atom stereocenters. The predicted molar refractivity (Wildman–Crippen MR) is 61.8 cm³/mol. The number of imide groups is 1. The first-order valence-corrected chi connectivity index (χ1v) is 5.81. The van der Waals surface area contributed by atoms with Crippen LogP contribution in [0.3, 0.4) is 0 Å². The molecule has 0 radical (unpaired) electrons. The molecule has 6 nitrogen and oxygen atoms in total. The Morgan fingerprint density at radius 2 is 1.76 bits per heavy atom. The van der Waals surface area contributed by atoms with Gasteiger partial charge in [0.15, 0.2) is 0 Å². The largest absolute Gasteiger partial charge is 0.329 e. The van der Waals surface area contributed by atoms with Gasteiger partial charge in [0.2, 0.25) is 17.7 Å². The van der Waals surface area contributed by atoms with E-state index in [2.05, 4.69) is 5.32 Å². The maximum atomic E-state index is 12.3. The third kappa shape index (κ3) is 2.63. The zero-order valence-corrected chi connectivity index (χ0v) is 10.3. The van der Waals surface area contributed by atoms with Crippen molar-refractivity contribution in [2.75, 3.05) is 19.6 Å². The van der Waals surface area contributed by atoms with Crippen LogP contribution in [0.4, 0.5) is 0 Å². The van der Waals surface area contributed by atoms with E-state index in [0.29, 0.717) is 12.8 Å². The number of nitrogens with one attached hydrogen (secondary N) is 1. The van der Waals surface area contributed by atoms with E-state index in [1.54, 1.807) is 0 Å². The third-order valence-electron chi connectivity index (χ3n) is 3.43. The molecule has 3 N–H and O–H groups in total. The molecule has 3 amide bonds. The number of hydrogen-bond acceptors (Lipinski definition) is 4. The molecular formula is C11H19N3O3. The van der Waals surface area contributed by atoms with Crippen LogP contribution in [-0.4, -0.2) is 42.3 Å². The Labute approximate surface area is 101 Å². The van der Waals surface area contributed by atoms with Gasteiger partial charge in [-0.15, -0.1) is 0 Å². The summed E-state index contributed by atoms with van der Waals surface area (Å²) in [6.45, 7) is 3.88. The molecule has 0 aliphatic carbocycles. The Balaban J connectivity index is 2.87. The predicted octanol–water partition coefficient (Wildman–Crippen LogP) is -0.763. The molecule has 0 aromatic carbocycles. The smallest absolute Gasteiger partial charge is 0.246 e. The molecule has 0 unspecified atom stereocenters. The zero-order valence-electron chi connectivity index (χ0n) is 10.3. The van der Waals surface area contributed by atoms with Crippen molar-refractivity contribution in [3.8, 4) is 0 Å². The molecule has 1 fully saturated rings. The minimum atomic E-state index is -0.655. The van der Waals surface area contributed by atoms with Gasteiger partial charge in [0, 0.05) is 6.54 Å². The highest BCUT2D eigenvalue weighted by atomic mass is 16.2. The zero-order chi connectivity index (χ0) is 13.1. The van der Waals surface area contributed by atoms with E-state index in [9.17, 15) is 14.4 Å². The Bertz CT molecular complexity index is 313. The van der Waals surface area contributed by atoms with Gasteiger partial charge in [-0.05, 0) is 12.8 Å². The monoisotopic (exact) mass is 241 g/mol. The molecule has 96 valence electrons. The van der Waals surface area contributed by atoms with Crippen molar-refractivity contribution in [3.63, 3.8) is 0 Å². The molecule has 1 saturated heterocycles. The lowest BCUT2D eigenvalue weighted by atomic mass is 9.81. The van der Waals surface area contributed by atoms with E-state index in [1.165, 1.54) is 4.90 Å². The van der Waals surface area contributed by atoms with Crippen molar-refractivity contribution in [1.29, 1.82) is 0 Å². The van der Waals surface area contributed by atoms with Crippen molar-refractivity contribution in [1.82, 2.24) is 10.2 Å². The maximum Gasteiger partial charge on any atom is 0.246 e. The normalized spacial score (nSPS) is 17.0. The molecule has 1 heterocycles. The molecule has 0 saturated carbocycles. The SMILES string of the molecule is CCC(CC)(CN)C(=O)N1CC(=O)NC(=O)C1. The van der Waals surface area contributed by atoms with Crippen LogP contribution in [0, 0.1) is 5.41 Å². The summed E-state index contributed by atoms with van der Waals surface area (Å²) in [7, 11) is 0. The van der Waals surface area contributed by atoms with Crippen LogP contribution in [0.1, 0.15) is 26.7 Å². The van der Waals surface area contributed by atoms with E-state index >= 15 is 0 Å². The second kappa shape index (κ2) is 5.27. The number of amides is 3. The van der Waals surface area contributed by atoms with Crippen molar-refractivity contribution >= 4 is 17.7 Å². The number of piperazine rings is 1. The lowest BCUT2D eigenvalue weighted by Gasteiger charge is -2.36. The first-order chi connectivity index (χ1) is 7.99. The molecular weight excluding hydrogens is 222 g/mol. The van der Waals surface area contributed by atoms with Crippen LogP contribution in [0.15, 0.2) is 0 Å². The van der Waals surface area contributed by atoms with Gasteiger partial charge in [-0.25, -0.2) is 0 Å². The topological polar surface area (TPSA) is 92.5 Å². The first-order valence-electron chi connectivity index (χ1n) is 5.81. The fourth-order valence-electron chi connectivity index (χ4n) is 2.04. The van der Waals surface area contributed by atoms with Gasteiger partial charge in [-0.1, -0.05) is 13.8 Å². The van der Waals surface area contributed by atoms with Gasteiger partial charge in [0.1, 0.15) is 13.1 Å². The Morgan fingerprint density at radius 3 is 2.12 bits per heavy atom. The van der Waals surface area contributed by atoms with Gasteiger partial charge < -0.3 is 10.6 Å². The summed E-state index contributed by atoms with van der Waals surface area (Å²) in [5.74, 6) is -1.08. The second-order valence-electron chi connectivity index (χ2n) is 4.32. The summed E-state index contributed by atoms with van der Waals surface area (Å²) < 4.78 is 0. The molecule has 1 rings (SSSR count). The Hall–Kier alpha value is -1.43. The van der Waals surface area contributed by atoms with Crippen molar-refractivity contribution < 1.29 is 14.4 Å². The molecule has 0 bridgehead atoms. The summed E-state index contributed by atoms with van der Waals surface area (Å²) in [5, 5.41) is 2.17. The fraction of sp³-hybridized carbons (Fsp3) is 0.727. The van der Waals surface area contributed by atoms with Crippen LogP contribution in [0.5, 0.6) is 0 Å². The molecule has 0 spiro atoms. The summed E-state index contributed by atoms with van der Waals surface area (Å²) in [4.78, 5) is 36.1. The minimum absolute atomic E-state index is 0.0632. The van der Waals surface area contributed by atoms with Gasteiger partial charge >= 0.3 is 0 Å². The van der Waals surface area contributed by atoms with E-state index < -0.39 is 17.2 Å². The average Bonchev–Trinajstić information content (AvgIpc) is 2.30. The molecule has 6 heteroatoms. The molecule has 0 aromatic heterocycles. The van der Waals surface area contributed by atoms with Gasteiger partial charge in [0.05, 0.1) is 5.41 Å². The van der Waals surface area contributed by atoms with Crippen LogP contribution in [0.25, 0.3) is 0 Å². The number of carbonyl (C=O) groups excluding carboxylic acids is 3. The highest BCUT2D eigenvalue weighted by Gasteiger charge is 2.39. The lowest BCUT2D eigenvalue weighted by molar-refractivity contribution is -0.151. The maximum absolute atomic E-state index is 12.3. The number of nitrogens with two attached hydrogens (primary N) is 1. The summed E-state index contributed by atoms with van der Waals surface area (Å²) in [6.07, 6.45) is 1.20. The summed E-state index contributed by atoms with van der Waals surface area (Å²) >= 11 is 0. The van der Waals surface area contributed by atoms with Crippen molar-refractivity contribution in [3.05, 3.63) is 0 Å². The van der Waals surface area contributed by atoms with Crippen molar-refractivity contribution in [2.45, 2.75) is 26.7 Å². The molecule has 17 heavy (non-hydrogen) atoms. The minimum Gasteiger partial charge on any atom is -0.329 e. The standard InChI is InChI=1S/C11H19N3O3/c1-3-11(4-2,7-12)10(17)14-5-8(15)13-9(16)6-14/h3-7,12H2,1-2H3,(H,13,15,16). The van der Waals surface area contributed by atoms with Crippen LogP contribution in [0.2, 0.25) is 0 Å². The van der Waals surface area contributed by atoms with Crippen LogP contribution >= 0.6 is 0 Å². The summed E-state index contributed by atoms with van der Waals surface area (Å²) in [6, 6.07) is 0. The van der Waals surface area contributed by atoms with E-state index in [0.717, 1.165) is 0 Å². The molecule has 0 aromatic rings. The van der Waals surface area contributed by atoms with Gasteiger partial charge in [0.25, 0.3) is 0 Å². The number of hydrogen-bond donors (Lipinski definition) is 2. The number of carbonyl (C=O) groups is 3. The van der Waals surface area contributed by atoms with Gasteiger partial charge in [-0.3, -0.25) is 19.7 Å². The molecule has 1 aliphatic rings. The van der Waals surface area contributed by atoms with Gasteiger partial charge in [-0.2, -0.15) is 0 Å². The van der Waals surface area contributed by atoms with E-state index in [4.69, 9.17) is 5.73 Å². The quantitative estimate of drug-likeness (QED) is 0.632. The van der Waals surface area contributed by atoms with E-state index in [1.807, 2.05) is 13.8 Å². The van der Waals surface area contributed by atoms with Crippen LogP contribution < -0.4 is 11.1 Å². The van der Waals surface area contributed by atoms with E-state index in [-0.39, 0.29) is 25.5 Å². The Morgan fingerprint density at radius 1 is 1.29 bits per heavy atom. The molecule has 1 aliphatic heterocycles.